The number of esters is 2. The Morgan fingerprint density at radius 3 is 1.79 bits per heavy atom. The van der Waals surface area contributed by atoms with Gasteiger partial charge in [-0.25, -0.2) is 9.59 Å². The predicted octanol–water partition coefficient (Wildman–Crippen LogP) is 3.28. The molecule has 28 heavy (non-hydrogen) atoms. The van der Waals surface area contributed by atoms with Crippen molar-refractivity contribution >= 4 is 27.4 Å². The number of hydrogen-bond donors (Lipinski definition) is 0. The molecule has 9 heteroatoms. The molecule has 0 aliphatic carbocycles. The number of carbonyl (C=O) groups is 2. The molecule has 160 valence electrons. The molecule has 0 amide bonds. The Labute approximate surface area is 170 Å². The number of ether oxygens (including phenoxy) is 2. The highest BCUT2D eigenvalue weighted by molar-refractivity contribution is 6.74. The van der Waals surface area contributed by atoms with Gasteiger partial charge in [-0.05, 0) is 45.8 Å². The van der Waals surface area contributed by atoms with Gasteiger partial charge in [0.1, 0.15) is 0 Å². The first kappa shape index (κ1) is 24.9. The number of hydrogen-bond acceptors (Lipinski definition) is 7. The minimum absolute atomic E-state index is 0.110. The van der Waals surface area contributed by atoms with Crippen LogP contribution < -0.4 is 0 Å². The van der Waals surface area contributed by atoms with Crippen molar-refractivity contribution in [3.05, 3.63) is 12.1 Å². The van der Waals surface area contributed by atoms with E-state index in [0.717, 1.165) is 0 Å². The largest absolute Gasteiger partial charge is 0.487 e. The van der Waals surface area contributed by atoms with Crippen LogP contribution in [0.1, 0.15) is 48.5 Å². The molecule has 0 spiro atoms. The minimum atomic E-state index is -1.86. The molecule has 1 aliphatic rings. The third kappa shape index (κ3) is 7.35. The van der Waals surface area contributed by atoms with Gasteiger partial charge in [-0.1, -0.05) is 32.8 Å². The zero-order chi connectivity index (χ0) is 21.7. The molecule has 0 radical (unpaired) electrons. The molecule has 1 fully saturated rings. The summed E-state index contributed by atoms with van der Waals surface area (Å²) in [6.07, 6.45) is -1.20. The van der Waals surface area contributed by atoms with Crippen molar-refractivity contribution in [2.75, 3.05) is 6.61 Å². The van der Waals surface area contributed by atoms with Crippen LogP contribution in [0.3, 0.4) is 0 Å². The summed E-state index contributed by atoms with van der Waals surface area (Å²) in [6, 6.07) is 0. The van der Waals surface area contributed by atoms with Crippen molar-refractivity contribution < 1.29 is 32.8 Å². The monoisotopic (exact) mass is 414 g/mol. The van der Waals surface area contributed by atoms with E-state index >= 15 is 0 Å². The van der Waals surface area contributed by atoms with Crippen molar-refractivity contribution in [3.63, 3.8) is 0 Å². The summed E-state index contributed by atoms with van der Waals surface area (Å²) in [5.41, 5.74) is 0. The minimum Gasteiger partial charge on any atom is -0.461 e. The Hall–Kier alpha value is -1.16. The highest BCUT2D eigenvalue weighted by Gasteiger charge is 2.48. The van der Waals surface area contributed by atoms with E-state index in [2.05, 4.69) is 33.9 Å². The molecular formula is C19H35BO7Si. The van der Waals surface area contributed by atoms with E-state index in [0.29, 0.717) is 6.61 Å². The lowest BCUT2D eigenvalue weighted by Crippen LogP contribution is -2.40. The second kappa shape index (κ2) is 10.0. The molecule has 1 aliphatic heterocycles. The van der Waals surface area contributed by atoms with Crippen molar-refractivity contribution in [2.24, 2.45) is 0 Å². The summed E-state index contributed by atoms with van der Waals surface area (Å²) in [5.74, 6) is 0.356. The Morgan fingerprint density at radius 1 is 1.00 bits per heavy atom. The number of rotatable bonds is 8. The summed E-state index contributed by atoms with van der Waals surface area (Å²) in [7, 11) is -2.71. The van der Waals surface area contributed by atoms with Gasteiger partial charge < -0.3 is 23.2 Å². The molecular weight excluding hydrogens is 379 g/mol. The van der Waals surface area contributed by atoms with Gasteiger partial charge >= 0.3 is 19.1 Å². The van der Waals surface area contributed by atoms with E-state index in [1.54, 1.807) is 39.7 Å². The van der Waals surface area contributed by atoms with Crippen LogP contribution in [0.25, 0.3) is 0 Å². The van der Waals surface area contributed by atoms with Gasteiger partial charge in [-0.2, -0.15) is 0 Å². The molecule has 0 bridgehead atoms. The first-order valence-electron chi connectivity index (χ1n) is 9.77. The Balaban J connectivity index is 2.76. The SMILES string of the molecule is CC(C)OC(=O)[C@@H]1OB(/C=C/CO[Si](C)(C)C(C)(C)C)O[C@H]1C(=O)OC(C)C. The third-order valence-electron chi connectivity index (χ3n) is 4.64. The summed E-state index contributed by atoms with van der Waals surface area (Å²) in [5, 5.41) is 0.110. The van der Waals surface area contributed by atoms with Gasteiger partial charge in [-0.3, -0.25) is 0 Å². The molecule has 0 aromatic heterocycles. The Kier molecular flexibility index (Phi) is 8.93. The lowest BCUT2D eigenvalue weighted by molar-refractivity contribution is -0.167. The molecule has 0 N–H and O–H groups in total. The molecule has 2 atom stereocenters. The zero-order valence-electron chi connectivity index (χ0n) is 18.6. The maximum atomic E-state index is 12.3. The molecule has 0 aromatic rings. The standard InChI is InChI=1S/C19H35BO7Si/c1-13(2)24-17(21)15-16(18(22)25-14(3)4)27-20(26-15)11-10-12-23-28(8,9)19(5,6)7/h10-11,13-16H,12H2,1-9H3/b11-10+/t15-,16-/m1/s1. The smallest absolute Gasteiger partial charge is 0.461 e. The third-order valence-corrected chi connectivity index (χ3v) is 9.15. The topological polar surface area (TPSA) is 80.3 Å². The second-order valence-corrected chi connectivity index (χ2v) is 13.8. The van der Waals surface area contributed by atoms with Gasteiger partial charge in [0.2, 0.25) is 0 Å². The van der Waals surface area contributed by atoms with Crippen LogP contribution in [-0.4, -0.2) is 58.4 Å². The van der Waals surface area contributed by atoms with Crippen LogP contribution in [0.4, 0.5) is 0 Å². The van der Waals surface area contributed by atoms with Gasteiger partial charge in [0.15, 0.2) is 20.5 Å². The molecule has 1 saturated heterocycles. The highest BCUT2D eigenvalue weighted by atomic mass is 28.4. The fourth-order valence-electron chi connectivity index (χ4n) is 2.15. The maximum absolute atomic E-state index is 12.3. The van der Waals surface area contributed by atoms with Gasteiger partial charge in [0, 0.05) is 0 Å². The quantitative estimate of drug-likeness (QED) is 0.445. The first-order chi connectivity index (χ1) is 12.7. The van der Waals surface area contributed by atoms with Gasteiger partial charge in [0.25, 0.3) is 0 Å². The highest BCUT2D eigenvalue weighted by Crippen LogP contribution is 2.36. The molecule has 0 saturated carbocycles. The van der Waals surface area contributed by atoms with Crippen LogP contribution in [-0.2, 0) is 32.8 Å². The van der Waals surface area contributed by atoms with Crippen molar-refractivity contribution in [1.29, 1.82) is 0 Å². The molecule has 1 heterocycles. The normalized spacial score (nSPS) is 21.0. The Bertz CT molecular complexity index is 539. The lowest BCUT2D eigenvalue weighted by Gasteiger charge is -2.35. The summed E-state index contributed by atoms with van der Waals surface area (Å²) in [6.45, 7) is 18.2. The summed E-state index contributed by atoms with van der Waals surface area (Å²) in [4.78, 5) is 24.6. The average molecular weight is 414 g/mol. The fourth-order valence-corrected chi connectivity index (χ4v) is 3.10. The molecule has 1 rings (SSSR count). The van der Waals surface area contributed by atoms with Crippen LogP contribution in [0.5, 0.6) is 0 Å². The van der Waals surface area contributed by atoms with Gasteiger partial charge in [-0.15, -0.1) is 0 Å². The second-order valence-electron chi connectivity index (χ2n) is 8.95. The van der Waals surface area contributed by atoms with Crippen LogP contribution in [0, 0.1) is 0 Å². The predicted molar refractivity (Wildman–Crippen MR) is 110 cm³/mol. The fraction of sp³-hybridized carbons (Fsp3) is 0.789. The van der Waals surface area contributed by atoms with Crippen LogP contribution in [0.2, 0.25) is 18.1 Å². The van der Waals surface area contributed by atoms with Crippen molar-refractivity contribution in [1.82, 2.24) is 0 Å². The lowest BCUT2D eigenvalue weighted by atomic mass is 9.90. The zero-order valence-corrected chi connectivity index (χ0v) is 19.6. The molecule has 0 aromatic carbocycles. The number of carbonyl (C=O) groups excluding carboxylic acids is 2. The van der Waals surface area contributed by atoms with E-state index in [-0.39, 0.29) is 17.2 Å². The van der Waals surface area contributed by atoms with E-state index < -0.39 is 39.6 Å². The van der Waals surface area contributed by atoms with Crippen LogP contribution >= 0.6 is 0 Å². The first-order valence-corrected chi connectivity index (χ1v) is 12.7. The summed E-state index contributed by atoms with van der Waals surface area (Å²) < 4.78 is 27.6. The van der Waals surface area contributed by atoms with Crippen molar-refractivity contribution in [3.8, 4) is 0 Å². The summed E-state index contributed by atoms with van der Waals surface area (Å²) >= 11 is 0. The molecule has 7 nitrogen and oxygen atoms in total. The van der Waals surface area contributed by atoms with E-state index in [1.807, 2.05) is 0 Å². The van der Waals surface area contributed by atoms with E-state index in [9.17, 15) is 9.59 Å². The Morgan fingerprint density at radius 2 is 1.43 bits per heavy atom. The molecule has 0 unspecified atom stereocenters. The van der Waals surface area contributed by atoms with Crippen LogP contribution in [0.15, 0.2) is 12.1 Å². The van der Waals surface area contributed by atoms with Gasteiger partial charge in [0.05, 0.1) is 18.8 Å². The van der Waals surface area contributed by atoms with Crippen molar-refractivity contribution in [2.45, 2.75) is 91.0 Å². The average Bonchev–Trinajstić information content (AvgIpc) is 2.93. The van der Waals surface area contributed by atoms with E-state index in [1.165, 1.54) is 0 Å². The van der Waals surface area contributed by atoms with E-state index in [4.69, 9.17) is 23.2 Å². The maximum Gasteiger partial charge on any atom is 0.487 e.